The number of aliphatic hydroxyl groups excluding tert-OH is 1. The highest BCUT2D eigenvalue weighted by Gasteiger charge is 2.07. The van der Waals surface area contributed by atoms with E-state index < -0.39 is 6.10 Å². The molecule has 0 heterocycles. The number of nitrogens with zero attached hydrogens (tertiary/aromatic N) is 1. The summed E-state index contributed by atoms with van der Waals surface area (Å²) in [5.41, 5.74) is 0.817. The van der Waals surface area contributed by atoms with E-state index in [1.165, 1.54) is 0 Å². The van der Waals surface area contributed by atoms with E-state index in [1.54, 1.807) is 7.11 Å². The normalized spacial score (nSPS) is 12.5. The van der Waals surface area contributed by atoms with Crippen LogP contribution in [0.25, 0.3) is 0 Å². The summed E-state index contributed by atoms with van der Waals surface area (Å²) in [5.74, 6) is 2.11. The van der Waals surface area contributed by atoms with Crippen molar-refractivity contribution < 1.29 is 14.6 Å². The fourth-order valence-electron chi connectivity index (χ4n) is 2.11. The summed E-state index contributed by atoms with van der Waals surface area (Å²) in [6, 6.07) is 7.37. The van der Waals surface area contributed by atoms with Gasteiger partial charge in [-0.15, -0.1) is 24.0 Å². The van der Waals surface area contributed by atoms with Crippen LogP contribution < -0.4 is 15.4 Å². The molecule has 0 radical (unpaired) electrons. The molecule has 0 aliphatic heterocycles. The van der Waals surface area contributed by atoms with E-state index in [1.807, 2.05) is 31.2 Å². The minimum Gasteiger partial charge on any atom is -0.497 e. The molecule has 0 saturated heterocycles. The minimum absolute atomic E-state index is 0. The zero-order valence-electron chi connectivity index (χ0n) is 16.3. The Hall–Kier alpha value is -1.06. The molecule has 0 fully saturated rings. The molecule has 150 valence electrons. The van der Waals surface area contributed by atoms with Crippen molar-refractivity contribution in [2.45, 2.75) is 33.3 Å². The maximum Gasteiger partial charge on any atom is 0.191 e. The molecular formula is C19H34IN3O3. The van der Waals surface area contributed by atoms with E-state index in [9.17, 15) is 5.11 Å². The van der Waals surface area contributed by atoms with E-state index in [4.69, 9.17) is 9.47 Å². The van der Waals surface area contributed by atoms with E-state index in [2.05, 4.69) is 29.5 Å². The Morgan fingerprint density at radius 3 is 2.42 bits per heavy atom. The summed E-state index contributed by atoms with van der Waals surface area (Å²) in [7, 11) is 1.62. The smallest absolute Gasteiger partial charge is 0.191 e. The monoisotopic (exact) mass is 479 g/mol. The Labute approximate surface area is 174 Å². The first kappa shape index (κ1) is 24.9. The summed E-state index contributed by atoms with van der Waals surface area (Å²) in [5, 5.41) is 16.7. The highest BCUT2D eigenvalue weighted by atomic mass is 127. The van der Waals surface area contributed by atoms with E-state index in [-0.39, 0.29) is 30.5 Å². The van der Waals surface area contributed by atoms with Gasteiger partial charge in [-0.3, -0.25) is 4.99 Å². The van der Waals surface area contributed by atoms with Crippen molar-refractivity contribution in [3.8, 4) is 5.75 Å². The molecule has 0 bridgehead atoms. The van der Waals surface area contributed by atoms with Gasteiger partial charge in [-0.25, -0.2) is 0 Å². The molecule has 0 amide bonds. The van der Waals surface area contributed by atoms with Gasteiger partial charge in [0, 0.05) is 19.7 Å². The Bertz CT molecular complexity index is 495. The van der Waals surface area contributed by atoms with Crippen LogP contribution >= 0.6 is 24.0 Å². The zero-order chi connectivity index (χ0) is 18.5. The first-order valence-electron chi connectivity index (χ1n) is 8.98. The molecule has 3 N–H and O–H groups in total. The third kappa shape index (κ3) is 10.8. The number of aliphatic hydroxyl groups is 1. The molecule has 1 aromatic carbocycles. The lowest BCUT2D eigenvalue weighted by atomic mass is 10.1. The van der Waals surface area contributed by atoms with Gasteiger partial charge in [0.15, 0.2) is 5.96 Å². The van der Waals surface area contributed by atoms with Crippen molar-refractivity contribution >= 4 is 29.9 Å². The van der Waals surface area contributed by atoms with E-state index in [0.29, 0.717) is 25.0 Å². The van der Waals surface area contributed by atoms with Crippen LogP contribution in [0.4, 0.5) is 0 Å². The van der Waals surface area contributed by atoms with Crippen molar-refractivity contribution in [2.75, 3.05) is 40.0 Å². The third-order valence-electron chi connectivity index (χ3n) is 3.65. The number of ether oxygens (including phenoxy) is 2. The number of hydrogen-bond acceptors (Lipinski definition) is 4. The fraction of sp³-hybridized carbons (Fsp3) is 0.632. The average molecular weight is 479 g/mol. The van der Waals surface area contributed by atoms with Crippen LogP contribution in [0.1, 0.15) is 38.9 Å². The molecule has 0 saturated carbocycles. The van der Waals surface area contributed by atoms with Gasteiger partial charge in [0.05, 0.1) is 26.4 Å². The SMILES string of the molecule is CCNC(=NCC(O)c1ccc(OC)cc1)NCCOCCC(C)C.I. The van der Waals surface area contributed by atoms with Crippen molar-refractivity contribution in [1.29, 1.82) is 0 Å². The van der Waals surface area contributed by atoms with E-state index in [0.717, 1.165) is 30.9 Å². The molecule has 0 spiro atoms. The largest absolute Gasteiger partial charge is 0.497 e. The maximum absolute atomic E-state index is 10.3. The number of guanidine groups is 1. The highest BCUT2D eigenvalue weighted by Crippen LogP contribution is 2.17. The molecule has 7 heteroatoms. The first-order chi connectivity index (χ1) is 12.1. The molecule has 0 aliphatic carbocycles. The Morgan fingerprint density at radius 1 is 1.15 bits per heavy atom. The molecule has 1 aromatic rings. The van der Waals surface area contributed by atoms with Crippen LogP contribution in [0.2, 0.25) is 0 Å². The first-order valence-corrected chi connectivity index (χ1v) is 8.98. The highest BCUT2D eigenvalue weighted by molar-refractivity contribution is 14.0. The number of rotatable bonds is 11. The van der Waals surface area contributed by atoms with Gasteiger partial charge in [-0.2, -0.15) is 0 Å². The molecule has 26 heavy (non-hydrogen) atoms. The molecule has 1 atom stereocenters. The Kier molecular flexibility index (Phi) is 14.4. The second-order valence-corrected chi connectivity index (χ2v) is 6.23. The zero-order valence-corrected chi connectivity index (χ0v) is 18.7. The summed E-state index contributed by atoms with van der Waals surface area (Å²) in [4.78, 5) is 4.44. The predicted molar refractivity (Wildman–Crippen MR) is 118 cm³/mol. The van der Waals surface area contributed by atoms with Gasteiger partial charge >= 0.3 is 0 Å². The second kappa shape index (κ2) is 15.0. The molecule has 1 unspecified atom stereocenters. The van der Waals surface area contributed by atoms with Gasteiger partial charge in [-0.1, -0.05) is 26.0 Å². The summed E-state index contributed by atoms with van der Waals surface area (Å²) < 4.78 is 10.7. The van der Waals surface area contributed by atoms with Gasteiger partial charge in [0.2, 0.25) is 0 Å². The van der Waals surface area contributed by atoms with Gasteiger partial charge < -0.3 is 25.2 Å². The maximum atomic E-state index is 10.3. The lowest BCUT2D eigenvalue weighted by Gasteiger charge is -2.14. The van der Waals surface area contributed by atoms with Gasteiger partial charge in [-0.05, 0) is 37.0 Å². The molecule has 6 nitrogen and oxygen atoms in total. The Balaban J connectivity index is 0.00000625. The van der Waals surface area contributed by atoms with Crippen LogP contribution in [-0.4, -0.2) is 51.0 Å². The van der Waals surface area contributed by atoms with Crippen LogP contribution in [0.15, 0.2) is 29.3 Å². The average Bonchev–Trinajstić information content (AvgIpc) is 2.62. The topological polar surface area (TPSA) is 75.1 Å². The van der Waals surface area contributed by atoms with Crippen LogP contribution in [0.5, 0.6) is 5.75 Å². The lowest BCUT2D eigenvalue weighted by Crippen LogP contribution is -2.39. The number of benzene rings is 1. The number of nitrogens with one attached hydrogen (secondary N) is 2. The third-order valence-corrected chi connectivity index (χ3v) is 3.65. The van der Waals surface area contributed by atoms with Crippen molar-refractivity contribution in [3.63, 3.8) is 0 Å². The second-order valence-electron chi connectivity index (χ2n) is 6.23. The molecular weight excluding hydrogens is 445 g/mol. The standard InChI is InChI=1S/C19H33N3O3.HI/c1-5-20-19(21-11-13-25-12-10-15(2)3)22-14-18(23)16-6-8-17(24-4)9-7-16;/h6-9,15,18,23H,5,10-14H2,1-4H3,(H2,20,21,22);1H. The van der Waals surface area contributed by atoms with Gasteiger partial charge in [0.1, 0.15) is 5.75 Å². The molecule has 0 aromatic heterocycles. The predicted octanol–water partition coefficient (Wildman–Crippen LogP) is 2.96. The van der Waals surface area contributed by atoms with Gasteiger partial charge in [0.25, 0.3) is 0 Å². The van der Waals surface area contributed by atoms with Crippen molar-refractivity contribution in [1.82, 2.24) is 10.6 Å². The van der Waals surface area contributed by atoms with Crippen LogP contribution in [0.3, 0.4) is 0 Å². The number of methoxy groups -OCH3 is 1. The summed E-state index contributed by atoms with van der Waals surface area (Å²) >= 11 is 0. The van der Waals surface area contributed by atoms with Crippen molar-refractivity contribution in [2.24, 2.45) is 10.9 Å². The molecule has 0 aliphatic rings. The quantitative estimate of drug-likeness (QED) is 0.197. The number of halogens is 1. The summed E-state index contributed by atoms with van der Waals surface area (Å²) in [6.45, 7) is 9.53. The lowest BCUT2D eigenvalue weighted by molar-refractivity contribution is 0.128. The number of aliphatic imine (C=N–C) groups is 1. The summed E-state index contributed by atoms with van der Waals surface area (Å²) in [6.07, 6.45) is 0.422. The van der Waals surface area contributed by atoms with Crippen LogP contribution in [0, 0.1) is 5.92 Å². The Morgan fingerprint density at radius 2 is 1.85 bits per heavy atom. The van der Waals surface area contributed by atoms with E-state index >= 15 is 0 Å². The minimum atomic E-state index is -0.649. The molecule has 1 rings (SSSR count). The number of hydrogen-bond donors (Lipinski definition) is 3. The van der Waals surface area contributed by atoms with Crippen molar-refractivity contribution in [3.05, 3.63) is 29.8 Å². The van der Waals surface area contributed by atoms with Crippen LogP contribution in [-0.2, 0) is 4.74 Å². The fourth-order valence-corrected chi connectivity index (χ4v) is 2.11.